The molecule has 0 fully saturated rings. The van der Waals surface area contributed by atoms with Crippen LogP contribution in [0.1, 0.15) is 42.9 Å². The molecule has 1 aromatic carbocycles. The molecule has 0 saturated carbocycles. The van der Waals surface area contributed by atoms with Crippen LogP contribution in [0, 0.1) is 0 Å². The number of benzene rings is 1. The monoisotopic (exact) mass is 367 g/mol. The lowest BCUT2D eigenvalue weighted by Gasteiger charge is -2.08. The Hall–Kier alpha value is -2.33. The van der Waals surface area contributed by atoms with Crippen molar-refractivity contribution in [2.75, 3.05) is 6.54 Å². The van der Waals surface area contributed by atoms with Crippen LogP contribution in [0.15, 0.2) is 29.2 Å². The summed E-state index contributed by atoms with van der Waals surface area (Å²) >= 11 is 0. The molecular formula is C15H21N5O4S. The van der Waals surface area contributed by atoms with E-state index in [1.807, 2.05) is 0 Å². The van der Waals surface area contributed by atoms with Crippen molar-refractivity contribution in [2.24, 2.45) is 0 Å². The van der Waals surface area contributed by atoms with E-state index < -0.39 is 16.0 Å². The molecule has 0 bridgehead atoms. The van der Waals surface area contributed by atoms with Crippen LogP contribution in [0.5, 0.6) is 0 Å². The molecule has 2 aromatic rings. The summed E-state index contributed by atoms with van der Waals surface area (Å²) < 4.78 is 33.2. The van der Waals surface area contributed by atoms with E-state index >= 15 is 0 Å². The highest BCUT2D eigenvalue weighted by atomic mass is 32.2. The van der Waals surface area contributed by atoms with Crippen molar-refractivity contribution in [3.05, 3.63) is 35.7 Å². The maximum absolute atomic E-state index is 12.2. The second-order valence-corrected chi connectivity index (χ2v) is 7.04. The number of unbranched alkanes of at least 4 members (excludes halogenated alkanes) is 1. The van der Waals surface area contributed by atoms with Crippen molar-refractivity contribution in [1.29, 1.82) is 0 Å². The van der Waals surface area contributed by atoms with E-state index in [1.54, 1.807) is 11.6 Å². The summed E-state index contributed by atoms with van der Waals surface area (Å²) in [5.74, 6) is -0.197. The van der Waals surface area contributed by atoms with Crippen molar-refractivity contribution in [3.8, 4) is 0 Å². The minimum absolute atomic E-state index is 0.0107. The van der Waals surface area contributed by atoms with Crippen molar-refractivity contribution < 1.29 is 17.9 Å². The van der Waals surface area contributed by atoms with E-state index in [-0.39, 0.29) is 23.6 Å². The molecule has 0 saturated heterocycles. The number of ether oxygens (including phenoxy) is 1. The average molecular weight is 367 g/mol. The van der Waals surface area contributed by atoms with Crippen LogP contribution in [0.25, 0.3) is 0 Å². The zero-order valence-corrected chi connectivity index (χ0v) is 15.0. The number of esters is 1. The van der Waals surface area contributed by atoms with Crippen molar-refractivity contribution in [1.82, 2.24) is 24.9 Å². The maximum atomic E-state index is 12.2. The normalized spacial score (nSPS) is 11.4. The van der Waals surface area contributed by atoms with Gasteiger partial charge in [0.25, 0.3) is 0 Å². The van der Waals surface area contributed by atoms with Gasteiger partial charge in [-0.25, -0.2) is 22.6 Å². The Labute approximate surface area is 146 Å². The Bertz CT molecular complexity index is 819. The predicted octanol–water partition coefficient (Wildman–Crippen LogP) is 1.13. The quantitative estimate of drug-likeness (QED) is 0.660. The zero-order valence-electron chi connectivity index (χ0n) is 14.2. The van der Waals surface area contributed by atoms with Gasteiger partial charge in [-0.05, 0) is 35.0 Å². The third-order valence-electron chi connectivity index (χ3n) is 3.38. The number of carbonyl (C=O) groups is 1. The van der Waals surface area contributed by atoms with Gasteiger partial charge in [0, 0.05) is 13.1 Å². The van der Waals surface area contributed by atoms with E-state index in [0.717, 1.165) is 12.8 Å². The van der Waals surface area contributed by atoms with Gasteiger partial charge >= 0.3 is 5.97 Å². The number of nitrogens with zero attached hydrogens (tertiary/aromatic N) is 4. The molecule has 0 atom stereocenters. The second kappa shape index (κ2) is 8.67. The number of hydrogen-bond donors (Lipinski definition) is 1. The van der Waals surface area contributed by atoms with Crippen LogP contribution >= 0.6 is 0 Å². The summed E-state index contributed by atoms with van der Waals surface area (Å²) in [6.45, 7) is 4.56. The highest BCUT2D eigenvalue weighted by Gasteiger charge is 2.17. The largest absolute Gasteiger partial charge is 0.454 e. The molecule has 0 aliphatic carbocycles. The van der Waals surface area contributed by atoms with Gasteiger partial charge in [-0.2, -0.15) is 0 Å². The molecule has 0 amide bonds. The molecule has 0 aliphatic heterocycles. The Morgan fingerprint density at radius 3 is 2.84 bits per heavy atom. The first-order valence-corrected chi connectivity index (χ1v) is 9.48. The maximum Gasteiger partial charge on any atom is 0.338 e. The lowest BCUT2D eigenvalue weighted by atomic mass is 10.2. The van der Waals surface area contributed by atoms with Gasteiger partial charge in [0.1, 0.15) is 0 Å². The highest BCUT2D eigenvalue weighted by Crippen LogP contribution is 2.13. The average Bonchev–Trinajstić information content (AvgIpc) is 3.05. The molecule has 2 rings (SSSR count). The van der Waals surface area contributed by atoms with E-state index in [9.17, 15) is 13.2 Å². The van der Waals surface area contributed by atoms with Crippen LogP contribution < -0.4 is 4.72 Å². The summed E-state index contributed by atoms with van der Waals surface area (Å²) in [6.07, 6.45) is 1.91. The summed E-state index contributed by atoms with van der Waals surface area (Å²) in [4.78, 5) is 12.2. The summed E-state index contributed by atoms with van der Waals surface area (Å²) in [7, 11) is -3.64. The van der Waals surface area contributed by atoms with Gasteiger partial charge < -0.3 is 4.74 Å². The number of rotatable bonds is 9. The molecule has 25 heavy (non-hydrogen) atoms. The summed E-state index contributed by atoms with van der Waals surface area (Å²) in [6, 6.07) is 5.68. The molecule has 0 aliphatic rings. The minimum Gasteiger partial charge on any atom is -0.454 e. The molecule has 10 heteroatoms. The smallest absolute Gasteiger partial charge is 0.338 e. The number of aryl methyl sites for hydroxylation is 1. The molecule has 9 nitrogen and oxygen atoms in total. The van der Waals surface area contributed by atoms with Crippen LogP contribution in [0.3, 0.4) is 0 Å². The standard InChI is InChI=1S/C15H21N5O4S/c1-3-5-9-20-14(17-18-19-20)11-24-15(21)12-7-6-8-13(10-12)25(22,23)16-4-2/h6-8,10,16H,3-5,9,11H2,1-2H3. The van der Waals surface area contributed by atoms with Crippen molar-refractivity contribution >= 4 is 16.0 Å². The molecule has 1 heterocycles. The third kappa shape index (κ3) is 5.07. The molecule has 0 radical (unpaired) electrons. The van der Waals surface area contributed by atoms with Gasteiger partial charge in [0.2, 0.25) is 10.0 Å². The van der Waals surface area contributed by atoms with Gasteiger partial charge in [0.15, 0.2) is 12.4 Å². The molecular weight excluding hydrogens is 346 g/mol. The first kappa shape index (κ1) is 19.0. The molecule has 0 spiro atoms. The Balaban J connectivity index is 2.06. The molecule has 1 N–H and O–H groups in total. The van der Waals surface area contributed by atoms with Gasteiger partial charge in [-0.3, -0.25) is 0 Å². The molecule has 1 aromatic heterocycles. The Morgan fingerprint density at radius 1 is 1.32 bits per heavy atom. The van der Waals surface area contributed by atoms with Crippen LogP contribution in [-0.2, 0) is 27.9 Å². The fraction of sp³-hybridized carbons (Fsp3) is 0.467. The fourth-order valence-corrected chi connectivity index (χ4v) is 3.17. The Morgan fingerprint density at radius 2 is 2.12 bits per heavy atom. The van der Waals surface area contributed by atoms with Crippen LogP contribution in [-0.4, -0.2) is 41.1 Å². The SMILES string of the molecule is CCCCn1nnnc1COC(=O)c1cccc(S(=O)(=O)NCC)c1. The predicted molar refractivity (Wildman–Crippen MR) is 89.1 cm³/mol. The van der Waals surface area contributed by atoms with Gasteiger partial charge in [-0.1, -0.05) is 26.3 Å². The van der Waals surface area contributed by atoms with Crippen molar-refractivity contribution in [3.63, 3.8) is 0 Å². The van der Waals surface area contributed by atoms with Gasteiger partial charge in [-0.15, -0.1) is 5.10 Å². The third-order valence-corrected chi connectivity index (χ3v) is 4.92. The second-order valence-electron chi connectivity index (χ2n) is 5.28. The number of carbonyl (C=O) groups excluding carboxylic acids is 1. The zero-order chi connectivity index (χ0) is 18.3. The first-order chi connectivity index (χ1) is 12.0. The van der Waals surface area contributed by atoms with E-state index in [2.05, 4.69) is 27.2 Å². The van der Waals surface area contributed by atoms with E-state index in [1.165, 1.54) is 24.3 Å². The minimum atomic E-state index is -3.64. The molecule has 0 unspecified atom stereocenters. The fourth-order valence-electron chi connectivity index (χ4n) is 2.09. The van der Waals surface area contributed by atoms with Crippen LogP contribution in [0.2, 0.25) is 0 Å². The van der Waals surface area contributed by atoms with Gasteiger partial charge in [0.05, 0.1) is 10.5 Å². The number of nitrogens with one attached hydrogen (secondary N) is 1. The lowest BCUT2D eigenvalue weighted by Crippen LogP contribution is -2.23. The van der Waals surface area contributed by atoms with E-state index in [0.29, 0.717) is 12.4 Å². The number of aromatic nitrogens is 4. The number of hydrogen-bond acceptors (Lipinski definition) is 7. The first-order valence-electron chi connectivity index (χ1n) is 7.99. The number of sulfonamides is 1. The highest BCUT2D eigenvalue weighted by molar-refractivity contribution is 7.89. The Kier molecular flexibility index (Phi) is 6.59. The topological polar surface area (TPSA) is 116 Å². The lowest BCUT2D eigenvalue weighted by molar-refractivity contribution is 0.0456. The summed E-state index contributed by atoms with van der Waals surface area (Å²) in [5.41, 5.74) is 0.145. The number of tetrazole rings is 1. The summed E-state index contributed by atoms with van der Waals surface area (Å²) in [5, 5.41) is 11.3. The van der Waals surface area contributed by atoms with Crippen LogP contribution in [0.4, 0.5) is 0 Å². The van der Waals surface area contributed by atoms with Crippen molar-refractivity contribution in [2.45, 2.75) is 44.7 Å². The van der Waals surface area contributed by atoms with E-state index in [4.69, 9.17) is 4.74 Å². The molecule has 136 valence electrons.